The number of nitrogens with zero attached hydrogens (tertiary/aromatic N) is 1. The molecule has 0 aromatic heterocycles. The molecule has 2 aromatic rings. The SMILES string of the molecule is C=C[C@@H]1[C@H](Cc2ccccc2)CN1S(=O)(=O)c1ccc(C)cc1. The smallest absolute Gasteiger partial charge is 0.207 e. The number of benzene rings is 2. The Kier molecular flexibility index (Phi) is 4.37. The van der Waals surface area contributed by atoms with Crippen LogP contribution in [0.4, 0.5) is 0 Å². The van der Waals surface area contributed by atoms with E-state index in [0.717, 1.165) is 12.0 Å². The maximum Gasteiger partial charge on any atom is 0.243 e. The van der Waals surface area contributed by atoms with Crippen molar-refractivity contribution in [3.05, 3.63) is 78.4 Å². The van der Waals surface area contributed by atoms with E-state index in [1.165, 1.54) is 5.56 Å². The lowest BCUT2D eigenvalue weighted by atomic mass is 9.86. The second-order valence-electron chi connectivity index (χ2n) is 6.06. The predicted molar refractivity (Wildman–Crippen MR) is 92.7 cm³/mol. The first-order chi connectivity index (χ1) is 11.0. The second-order valence-corrected chi connectivity index (χ2v) is 7.95. The first-order valence-corrected chi connectivity index (χ1v) is 9.21. The molecule has 1 heterocycles. The largest absolute Gasteiger partial charge is 0.243 e. The Morgan fingerprint density at radius 3 is 2.39 bits per heavy atom. The van der Waals surface area contributed by atoms with Gasteiger partial charge in [-0.25, -0.2) is 8.42 Å². The van der Waals surface area contributed by atoms with Crippen LogP contribution in [0.15, 0.2) is 72.1 Å². The van der Waals surface area contributed by atoms with E-state index in [1.807, 2.05) is 37.3 Å². The third kappa shape index (κ3) is 3.09. The van der Waals surface area contributed by atoms with Gasteiger partial charge >= 0.3 is 0 Å². The third-order valence-corrected chi connectivity index (χ3v) is 6.32. The summed E-state index contributed by atoms with van der Waals surface area (Å²) in [5.41, 5.74) is 2.28. The molecule has 1 aliphatic rings. The van der Waals surface area contributed by atoms with E-state index >= 15 is 0 Å². The molecule has 0 N–H and O–H groups in total. The minimum absolute atomic E-state index is 0.137. The summed E-state index contributed by atoms with van der Waals surface area (Å²) in [7, 11) is -3.44. The molecule has 1 aliphatic heterocycles. The number of aryl methyl sites for hydroxylation is 1. The van der Waals surface area contributed by atoms with Crippen LogP contribution in [0.3, 0.4) is 0 Å². The number of hydrogen-bond acceptors (Lipinski definition) is 2. The quantitative estimate of drug-likeness (QED) is 0.789. The summed E-state index contributed by atoms with van der Waals surface area (Å²) in [6.45, 7) is 6.33. The van der Waals surface area contributed by atoms with Crippen molar-refractivity contribution in [1.29, 1.82) is 0 Å². The summed E-state index contributed by atoms with van der Waals surface area (Å²) in [5, 5.41) is 0. The maximum absolute atomic E-state index is 12.8. The van der Waals surface area contributed by atoms with Crippen molar-refractivity contribution in [2.45, 2.75) is 24.3 Å². The Bertz CT molecular complexity index is 782. The molecule has 1 saturated heterocycles. The Hall–Kier alpha value is -1.91. The van der Waals surface area contributed by atoms with Gasteiger partial charge in [-0.05, 0) is 37.0 Å². The fourth-order valence-electron chi connectivity index (χ4n) is 3.07. The number of hydrogen-bond donors (Lipinski definition) is 0. The zero-order valence-corrected chi connectivity index (χ0v) is 14.0. The van der Waals surface area contributed by atoms with Gasteiger partial charge in [0.2, 0.25) is 10.0 Å². The van der Waals surface area contributed by atoms with Gasteiger partial charge in [0.15, 0.2) is 0 Å². The van der Waals surface area contributed by atoms with Crippen LogP contribution in [0.25, 0.3) is 0 Å². The minimum Gasteiger partial charge on any atom is -0.207 e. The van der Waals surface area contributed by atoms with Crippen molar-refractivity contribution >= 4 is 10.0 Å². The number of rotatable bonds is 5. The van der Waals surface area contributed by atoms with Gasteiger partial charge in [0.1, 0.15) is 0 Å². The Morgan fingerprint density at radius 2 is 1.78 bits per heavy atom. The van der Waals surface area contributed by atoms with E-state index in [9.17, 15) is 8.42 Å². The minimum atomic E-state index is -3.44. The highest BCUT2D eigenvalue weighted by Crippen LogP contribution is 2.34. The van der Waals surface area contributed by atoms with Crippen molar-refractivity contribution in [2.24, 2.45) is 5.92 Å². The first kappa shape index (κ1) is 16.0. The molecule has 23 heavy (non-hydrogen) atoms. The molecule has 1 fully saturated rings. The highest BCUT2D eigenvalue weighted by Gasteiger charge is 2.44. The van der Waals surface area contributed by atoms with Gasteiger partial charge < -0.3 is 0 Å². The van der Waals surface area contributed by atoms with E-state index in [-0.39, 0.29) is 12.0 Å². The molecule has 0 unspecified atom stereocenters. The summed E-state index contributed by atoms with van der Waals surface area (Å²) in [6, 6.07) is 17.0. The highest BCUT2D eigenvalue weighted by atomic mass is 32.2. The molecule has 0 bridgehead atoms. The molecule has 2 atom stereocenters. The zero-order chi connectivity index (χ0) is 16.4. The van der Waals surface area contributed by atoms with Crippen LogP contribution in [0.2, 0.25) is 0 Å². The second kappa shape index (κ2) is 6.30. The van der Waals surface area contributed by atoms with Crippen LogP contribution in [-0.4, -0.2) is 25.3 Å². The molecule has 0 amide bonds. The average molecular weight is 327 g/mol. The van der Waals surface area contributed by atoms with E-state index < -0.39 is 10.0 Å². The first-order valence-electron chi connectivity index (χ1n) is 7.77. The highest BCUT2D eigenvalue weighted by molar-refractivity contribution is 7.89. The van der Waals surface area contributed by atoms with Crippen LogP contribution in [-0.2, 0) is 16.4 Å². The molecule has 4 heteroatoms. The van der Waals surface area contributed by atoms with Gasteiger partial charge in [-0.1, -0.05) is 54.1 Å². The lowest BCUT2D eigenvalue weighted by Crippen LogP contribution is -2.58. The Balaban J connectivity index is 1.77. The van der Waals surface area contributed by atoms with Gasteiger partial charge in [0.05, 0.1) is 4.90 Å². The van der Waals surface area contributed by atoms with E-state index in [4.69, 9.17) is 0 Å². The topological polar surface area (TPSA) is 37.4 Å². The van der Waals surface area contributed by atoms with Crippen LogP contribution in [0, 0.1) is 12.8 Å². The van der Waals surface area contributed by atoms with Gasteiger partial charge in [0.25, 0.3) is 0 Å². The standard InChI is InChI=1S/C19H21NO2S/c1-3-19-17(13-16-7-5-4-6-8-16)14-20(19)23(21,22)18-11-9-15(2)10-12-18/h3-12,17,19H,1,13-14H2,2H3/t17-,19-/m1/s1. The third-order valence-electron chi connectivity index (χ3n) is 4.44. The molecule has 0 radical (unpaired) electrons. The lowest BCUT2D eigenvalue weighted by molar-refractivity contribution is 0.139. The molecule has 0 aliphatic carbocycles. The van der Waals surface area contributed by atoms with E-state index in [0.29, 0.717) is 11.4 Å². The van der Waals surface area contributed by atoms with E-state index in [2.05, 4.69) is 18.7 Å². The zero-order valence-electron chi connectivity index (χ0n) is 13.2. The summed E-state index contributed by atoms with van der Waals surface area (Å²) >= 11 is 0. The average Bonchev–Trinajstić information content (AvgIpc) is 2.52. The van der Waals surface area contributed by atoms with Crippen molar-refractivity contribution in [1.82, 2.24) is 4.31 Å². The summed E-state index contributed by atoms with van der Waals surface area (Å²) in [4.78, 5) is 0.355. The summed E-state index contributed by atoms with van der Waals surface area (Å²) < 4.78 is 27.1. The lowest BCUT2D eigenvalue weighted by Gasteiger charge is -2.45. The Morgan fingerprint density at radius 1 is 1.13 bits per heavy atom. The monoisotopic (exact) mass is 327 g/mol. The van der Waals surface area contributed by atoms with Crippen molar-refractivity contribution in [3.8, 4) is 0 Å². The fraction of sp³-hybridized carbons (Fsp3) is 0.263. The van der Waals surface area contributed by atoms with E-state index in [1.54, 1.807) is 22.5 Å². The maximum atomic E-state index is 12.8. The van der Waals surface area contributed by atoms with Crippen molar-refractivity contribution < 1.29 is 8.42 Å². The molecule has 2 aromatic carbocycles. The molecule has 3 rings (SSSR count). The summed E-state index contributed by atoms with van der Waals surface area (Å²) in [5.74, 6) is 0.287. The van der Waals surface area contributed by atoms with Crippen molar-refractivity contribution in [3.63, 3.8) is 0 Å². The summed E-state index contributed by atoms with van der Waals surface area (Å²) in [6.07, 6.45) is 2.63. The van der Waals surface area contributed by atoms with Crippen LogP contribution in [0.1, 0.15) is 11.1 Å². The van der Waals surface area contributed by atoms with Gasteiger partial charge in [-0.2, -0.15) is 4.31 Å². The number of sulfonamides is 1. The normalized spacial score (nSPS) is 21.6. The van der Waals surface area contributed by atoms with Crippen LogP contribution in [0.5, 0.6) is 0 Å². The Labute approximate surface area is 138 Å². The molecule has 3 nitrogen and oxygen atoms in total. The van der Waals surface area contributed by atoms with Gasteiger partial charge in [0, 0.05) is 12.6 Å². The predicted octanol–water partition coefficient (Wildman–Crippen LogP) is 3.41. The van der Waals surface area contributed by atoms with Crippen LogP contribution < -0.4 is 0 Å². The van der Waals surface area contributed by atoms with Crippen molar-refractivity contribution in [2.75, 3.05) is 6.54 Å². The van der Waals surface area contributed by atoms with Gasteiger partial charge in [-0.3, -0.25) is 0 Å². The van der Waals surface area contributed by atoms with Gasteiger partial charge in [-0.15, -0.1) is 6.58 Å². The fourth-order valence-corrected chi connectivity index (χ4v) is 4.79. The molecular weight excluding hydrogens is 306 g/mol. The molecule has 0 spiro atoms. The van der Waals surface area contributed by atoms with Crippen LogP contribution >= 0.6 is 0 Å². The molecule has 0 saturated carbocycles. The molecule has 120 valence electrons. The molecular formula is C19H21NO2S.